The maximum atomic E-state index is 4.43. The van der Waals surface area contributed by atoms with Crippen molar-refractivity contribution in [1.29, 1.82) is 0 Å². The van der Waals surface area contributed by atoms with Gasteiger partial charge >= 0.3 is 0 Å². The van der Waals surface area contributed by atoms with Gasteiger partial charge in [0.25, 0.3) is 0 Å². The lowest BCUT2D eigenvalue weighted by molar-refractivity contribution is 0.997. The van der Waals surface area contributed by atoms with Crippen molar-refractivity contribution in [2.75, 3.05) is 0 Å². The van der Waals surface area contributed by atoms with Crippen molar-refractivity contribution in [3.8, 4) is 11.3 Å². The Balaban J connectivity index is 1.66. The van der Waals surface area contributed by atoms with E-state index in [1.165, 1.54) is 16.3 Å². The number of hydrogen-bond donors (Lipinski definition) is 1. The maximum Gasteiger partial charge on any atom is 0.0923 e. The molecule has 0 bridgehead atoms. The van der Waals surface area contributed by atoms with Gasteiger partial charge in [0, 0.05) is 22.2 Å². The maximum absolute atomic E-state index is 4.43. The molecule has 4 aromatic rings. The Hall–Kier alpha value is -2.39. The fraction of sp³-hybridized carbons (Fsp3) is 0.0500. The zero-order valence-corrected chi connectivity index (χ0v) is 14.0. The molecule has 2 nitrogen and oxygen atoms in total. The van der Waals surface area contributed by atoms with E-state index in [0.29, 0.717) is 0 Å². The molecule has 3 heteroatoms. The number of hydrogen-bond acceptors (Lipinski definition) is 1. The monoisotopic (exact) mass is 362 g/mol. The van der Waals surface area contributed by atoms with Gasteiger partial charge < -0.3 is 0 Å². The topological polar surface area (TPSA) is 28.7 Å². The molecule has 0 unspecified atom stereocenters. The number of benzene rings is 3. The van der Waals surface area contributed by atoms with E-state index in [1.54, 1.807) is 0 Å². The zero-order valence-electron chi connectivity index (χ0n) is 12.5. The molecule has 0 aliphatic carbocycles. The number of nitrogens with zero attached hydrogens (tertiary/aromatic N) is 1. The van der Waals surface area contributed by atoms with Crippen LogP contribution in [0, 0.1) is 0 Å². The molecule has 3 aromatic carbocycles. The third-order valence-corrected chi connectivity index (χ3v) is 4.96. The molecule has 0 amide bonds. The van der Waals surface area contributed by atoms with E-state index in [-0.39, 0.29) is 0 Å². The van der Waals surface area contributed by atoms with E-state index in [4.69, 9.17) is 0 Å². The first-order valence-electron chi connectivity index (χ1n) is 7.57. The van der Waals surface area contributed by atoms with Gasteiger partial charge in [-0.3, -0.25) is 5.10 Å². The molecule has 0 aliphatic heterocycles. The van der Waals surface area contributed by atoms with Crippen molar-refractivity contribution in [3.63, 3.8) is 0 Å². The second-order valence-electron chi connectivity index (χ2n) is 5.58. The highest BCUT2D eigenvalue weighted by molar-refractivity contribution is 9.10. The van der Waals surface area contributed by atoms with Crippen LogP contribution < -0.4 is 0 Å². The summed E-state index contributed by atoms with van der Waals surface area (Å²) in [6.07, 6.45) is 0.825. The van der Waals surface area contributed by atoms with Crippen LogP contribution in [0.5, 0.6) is 0 Å². The lowest BCUT2D eigenvalue weighted by Crippen LogP contribution is -1.91. The largest absolute Gasteiger partial charge is 0.282 e. The summed E-state index contributed by atoms with van der Waals surface area (Å²) < 4.78 is 1.16. The van der Waals surface area contributed by atoms with Gasteiger partial charge in [-0.25, -0.2) is 0 Å². The molecule has 0 atom stereocenters. The first kappa shape index (κ1) is 14.2. The van der Waals surface area contributed by atoms with Gasteiger partial charge in [-0.2, -0.15) is 5.10 Å². The summed E-state index contributed by atoms with van der Waals surface area (Å²) in [6, 6.07) is 25.1. The Labute approximate surface area is 143 Å². The van der Waals surface area contributed by atoms with Crippen molar-refractivity contribution in [1.82, 2.24) is 10.2 Å². The van der Waals surface area contributed by atoms with E-state index in [0.717, 1.165) is 27.8 Å². The second-order valence-corrected chi connectivity index (χ2v) is 6.37. The summed E-state index contributed by atoms with van der Waals surface area (Å²) >= 11 is 3.76. The standard InChI is InChI=1S/C20H15BrN2/c21-20-16(11-10-14-6-4-5-9-18(14)20)12-17-13-19(23-22-17)15-7-2-1-3-8-15/h1-11,13H,12H2,(H,22,23). The van der Waals surface area contributed by atoms with Gasteiger partial charge in [0.1, 0.15) is 0 Å². The highest BCUT2D eigenvalue weighted by atomic mass is 79.9. The predicted molar refractivity (Wildman–Crippen MR) is 98.5 cm³/mol. The van der Waals surface area contributed by atoms with Crippen LogP contribution in [0.15, 0.2) is 77.3 Å². The minimum atomic E-state index is 0.825. The van der Waals surface area contributed by atoms with Crippen molar-refractivity contribution in [2.45, 2.75) is 6.42 Å². The van der Waals surface area contributed by atoms with Gasteiger partial charge in [0.15, 0.2) is 0 Å². The van der Waals surface area contributed by atoms with E-state index in [9.17, 15) is 0 Å². The van der Waals surface area contributed by atoms with Crippen molar-refractivity contribution < 1.29 is 0 Å². The molecule has 23 heavy (non-hydrogen) atoms. The van der Waals surface area contributed by atoms with E-state index >= 15 is 0 Å². The van der Waals surface area contributed by atoms with Crippen LogP contribution in [-0.2, 0) is 6.42 Å². The first-order chi connectivity index (χ1) is 11.3. The Bertz CT molecular complexity index is 958. The normalized spacial score (nSPS) is 11.0. The van der Waals surface area contributed by atoms with E-state index in [2.05, 4.69) is 80.7 Å². The van der Waals surface area contributed by atoms with Crippen LogP contribution >= 0.6 is 15.9 Å². The molecule has 0 saturated carbocycles. The molecule has 112 valence electrons. The summed E-state index contributed by atoms with van der Waals surface area (Å²) in [5.74, 6) is 0. The summed E-state index contributed by atoms with van der Waals surface area (Å²) in [7, 11) is 0. The molecule has 0 fully saturated rings. The van der Waals surface area contributed by atoms with E-state index in [1.807, 2.05) is 18.2 Å². The highest BCUT2D eigenvalue weighted by Crippen LogP contribution is 2.29. The summed E-state index contributed by atoms with van der Waals surface area (Å²) in [4.78, 5) is 0. The number of fused-ring (bicyclic) bond motifs is 1. The Kier molecular flexibility index (Phi) is 3.72. The lowest BCUT2D eigenvalue weighted by atomic mass is 10.0. The fourth-order valence-electron chi connectivity index (χ4n) is 2.83. The lowest BCUT2D eigenvalue weighted by Gasteiger charge is -2.07. The zero-order chi connectivity index (χ0) is 15.6. The van der Waals surface area contributed by atoms with Crippen LogP contribution in [0.4, 0.5) is 0 Å². The molecule has 0 aliphatic rings. The van der Waals surface area contributed by atoms with Crippen molar-refractivity contribution in [2.24, 2.45) is 0 Å². The third kappa shape index (κ3) is 2.80. The van der Waals surface area contributed by atoms with Crippen LogP contribution in [0.3, 0.4) is 0 Å². The smallest absolute Gasteiger partial charge is 0.0923 e. The molecule has 0 radical (unpaired) electrons. The Morgan fingerprint density at radius 2 is 1.65 bits per heavy atom. The predicted octanol–water partition coefficient (Wildman–Crippen LogP) is 5.58. The minimum absolute atomic E-state index is 0.825. The third-order valence-electron chi connectivity index (χ3n) is 4.02. The number of aromatic amines is 1. The number of halogens is 1. The molecule has 0 spiro atoms. The van der Waals surface area contributed by atoms with Gasteiger partial charge in [-0.1, -0.05) is 66.7 Å². The number of rotatable bonds is 3. The number of nitrogens with one attached hydrogen (secondary N) is 1. The quantitative estimate of drug-likeness (QED) is 0.506. The number of H-pyrrole nitrogens is 1. The molecule has 4 rings (SSSR count). The fourth-order valence-corrected chi connectivity index (χ4v) is 3.46. The summed E-state index contributed by atoms with van der Waals surface area (Å²) in [6.45, 7) is 0. The average molecular weight is 363 g/mol. The molecular formula is C20H15BrN2. The van der Waals surface area contributed by atoms with Crippen molar-refractivity contribution >= 4 is 26.7 Å². The summed E-state index contributed by atoms with van der Waals surface area (Å²) in [5.41, 5.74) is 4.48. The second kappa shape index (κ2) is 6.01. The Morgan fingerprint density at radius 3 is 2.52 bits per heavy atom. The van der Waals surface area contributed by atoms with Crippen LogP contribution in [-0.4, -0.2) is 10.2 Å². The summed E-state index contributed by atoms with van der Waals surface area (Å²) in [5, 5.41) is 10.1. The molecular weight excluding hydrogens is 348 g/mol. The van der Waals surface area contributed by atoms with Crippen LogP contribution in [0.1, 0.15) is 11.3 Å². The van der Waals surface area contributed by atoms with Gasteiger partial charge in [0.2, 0.25) is 0 Å². The van der Waals surface area contributed by atoms with Gasteiger partial charge in [-0.15, -0.1) is 0 Å². The van der Waals surface area contributed by atoms with Crippen LogP contribution in [0.2, 0.25) is 0 Å². The van der Waals surface area contributed by atoms with Crippen LogP contribution in [0.25, 0.3) is 22.0 Å². The molecule has 1 aromatic heterocycles. The van der Waals surface area contributed by atoms with Crippen molar-refractivity contribution in [3.05, 3.63) is 88.5 Å². The molecule has 1 N–H and O–H groups in total. The SMILES string of the molecule is Brc1c(Cc2cc(-c3ccccc3)n[nH]2)ccc2ccccc12. The van der Waals surface area contributed by atoms with Gasteiger partial charge in [0.05, 0.1) is 5.69 Å². The number of aromatic nitrogens is 2. The Morgan fingerprint density at radius 1 is 0.870 bits per heavy atom. The average Bonchev–Trinajstić information content (AvgIpc) is 3.07. The first-order valence-corrected chi connectivity index (χ1v) is 8.36. The molecule has 1 heterocycles. The molecule has 0 saturated heterocycles. The van der Waals surface area contributed by atoms with Gasteiger partial charge in [-0.05, 0) is 38.3 Å². The minimum Gasteiger partial charge on any atom is -0.282 e. The van der Waals surface area contributed by atoms with E-state index < -0.39 is 0 Å². The highest BCUT2D eigenvalue weighted by Gasteiger charge is 2.08.